The molecule has 0 unspecified atom stereocenters. The largest absolute Gasteiger partial charge is 0.388 e. The second kappa shape index (κ2) is 4.49. The summed E-state index contributed by atoms with van der Waals surface area (Å²) in [7, 11) is 0. The van der Waals surface area contributed by atoms with Crippen molar-refractivity contribution in [1.82, 2.24) is 14.8 Å². The molecule has 0 atom stereocenters. The van der Waals surface area contributed by atoms with Crippen LogP contribution in [0.5, 0.6) is 0 Å². The number of hydrogen-bond donors (Lipinski definition) is 1. The molecule has 0 radical (unpaired) electrons. The lowest BCUT2D eigenvalue weighted by Gasteiger charge is -2.07. The van der Waals surface area contributed by atoms with Crippen LogP contribution in [0.2, 0.25) is 0 Å². The van der Waals surface area contributed by atoms with E-state index in [1.165, 1.54) is 12.1 Å². The lowest BCUT2D eigenvalue weighted by atomic mass is 10.1. The number of aliphatic hydroxyl groups excluding tert-OH is 1. The van der Waals surface area contributed by atoms with Gasteiger partial charge in [0.25, 0.3) is 0 Å². The Kier molecular flexibility index (Phi) is 2.83. The van der Waals surface area contributed by atoms with Gasteiger partial charge < -0.3 is 9.67 Å². The Bertz CT molecular complexity index is 563. The lowest BCUT2D eigenvalue weighted by molar-refractivity contribution is 0.264. The van der Waals surface area contributed by atoms with Crippen LogP contribution in [-0.2, 0) is 13.0 Å². The molecule has 0 bridgehead atoms. The molecule has 1 aliphatic carbocycles. The average molecular weight is 247 g/mol. The summed E-state index contributed by atoms with van der Waals surface area (Å²) >= 11 is 0. The standard InChI is InChI=1S/C13H14FN3O/c14-10-3-1-2-9(6-10)7-12-15-16-13(8-18)17(12)11-4-5-11/h1-3,6,11,18H,4-5,7-8H2. The summed E-state index contributed by atoms with van der Waals surface area (Å²) in [5.74, 6) is 1.16. The van der Waals surface area contributed by atoms with E-state index < -0.39 is 0 Å². The van der Waals surface area contributed by atoms with E-state index in [4.69, 9.17) is 0 Å². The van der Waals surface area contributed by atoms with Gasteiger partial charge in [0, 0.05) is 12.5 Å². The maximum Gasteiger partial charge on any atom is 0.159 e. The average Bonchev–Trinajstić information content (AvgIpc) is 3.11. The van der Waals surface area contributed by atoms with Crippen LogP contribution in [0.15, 0.2) is 24.3 Å². The van der Waals surface area contributed by atoms with Gasteiger partial charge in [-0.15, -0.1) is 10.2 Å². The Morgan fingerprint density at radius 3 is 2.72 bits per heavy atom. The molecule has 1 N–H and O–H groups in total. The molecule has 1 heterocycles. The topological polar surface area (TPSA) is 50.9 Å². The van der Waals surface area contributed by atoms with Crippen LogP contribution in [0.25, 0.3) is 0 Å². The molecule has 94 valence electrons. The molecule has 5 heteroatoms. The highest BCUT2D eigenvalue weighted by molar-refractivity contribution is 5.21. The first kappa shape index (κ1) is 11.3. The zero-order valence-corrected chi connectivity index (χ0v) is 9.88. The van der Waals surface area contributed by atoms with Crippen molar-refractivity contribution in [2.75, 3.05) is 0 Å². The van der Waals surface area contributed by atoms with Crippen molar-refractivity contribution in [1.29, 1.82) is 0 Å². The van der Waals surface area contributed by atoms with Crippen molar-refractivity contribution >= 4 is 0 Å². The van der Waals surface area contributed by atoms with E-state index in [1.54, 1.807) is 6.07 Å². The normalized spacial score (nSPS) is 15.0. The highest BCUT2D eigenvalue weighted by Crippen LogP contribution is 2.37. The van der Waals surface area contributed by atoms with Crippen LogP contribution in [0.4, 0.5) is 4.39 Å². The van der Waals surface area contributed by atoms with Gasteiger partial charge in [-0.05, 0) is 30.5 Å². The molecular weight excluding hydrogens is 233 g/mol. The summed E-state index contributed by atoms with van der Waals surface area (Å²) in [6, 6.07) is 6.90. The number of halogens is 1. The number of benzene rings is 1. The minimum absolute atomic E-state index is 0.105. The fourth-order valence-corrected chi connectivity index (χ4v) is 2.17. The fraction of sp³-hybridized carbons (Fsp3) is 0.385. The maximum atomic E-state index is 13.1. The molecule has 1 aliphatic rings. The predicted molar refractivity (Wildman–Crippen MR) is 63.4 cm³/mol. The number of aromatic nitrogens is 3. The molecule has 0 spiro atoms. The molecule has 1 fully saturated rings. The van der Waals surface area contributed by atoms with Crippen molar-refractivity contribution in [3.63, 3.8) is 0 Å². The highest BCUT2D eigenvalue weighted by atomic mass is 19.1. The Morgan fingerprint density at radius 2 is 2.06 bits per heavy atom. The minimum atomic E-state index is -0.243. The minimum Gasteiger partial charge on any atom is -0.388 e. The Morgan fingerprint density at radius 1 is 1.28 bits per heavy atom. The summed E-state index contributed by atoms with van der Waals surface area (Å²) in [6.45, 7) is -0.105. The molecular formula is C13H14FN3O. The van der Waals surface area contributed by atoms with Gasteiger partial charge in [0.15, 0.2) is 5.82 Å². The van der Waals surface area contributed by atoms with Gasteiger partial charge in [-0.2, -0.15) is 0 Å². The summed E-state index contributed by atoms with van der Waals surface area (Å²) in [5, 5.41) is 17.3. The Labute approximate surface area is 104 Å². The molecule has 1 aromatic carbocycles. The first-order valence-corrected chi connectivity index (χ1v) is 6.06. The molecule has 0 aliphatic heterocycles. The van der Waals surface area contributed by atoms with Crippen molar-refractivity contribution in [2.24, 2.45) is 0 Å². The van der Waals surface area contributed by atoms with Crippen molar-refractivity contribution in [3.05, 3.63) is 47.3 Å². The third-order valence-electron chi connectivity index (χ3n) is 3.14. The van der Waals surface area contributed by atoms with E-state index in [0.29, 0.717) is 18.3 Å². The van der Waals surface area contributed by atoms with Crippen LogP contribution in [0.1, 0.15) is 36.1 Å². The lowest BCUT2D eigenvalue weighted by Crippen LogP contribution is -2.06. The quantitative estimate of drug-likeness (QED) is 0.896. The van der Waals surface area contributed by atoms with Crippen LogP contribution >= 0.6 is 0 Å². The maximum absolute atomic E-state index is 13.1. The Hall–Kier alpha value is -1.75. The van der Waals surface area contributed by atoms with E-state index in [0.717, 1.165) is 24.2 Å². The SMILES string of the molecule is OCc1nnc(Cc2cccc(F)c2)n1C1CC1. The van der Waals surface area contributed by atoms with E-state index >= 15 is 0 Å². The summed E-state index contributed by atoms with van der Waals surface area (Å²) < 4.78 is 15.1. The molecule has 1 aromatic heterocycles. The second-order valence-electron chi connectivity index (χ2n) is 4.60. The van der Waals surface area contributed by atoms with Crippen molar-refractivity contribution < 1.29 is 9.50 Å². The second-order valence-corrected chi connectivity index (χ2v) is 4.60. The monoisotopic (exact) mass is 247 g/mol. The molecule has 2 aromatic rings. The molecule has 1 saturated carbocycles. The number of aliphatic hydroxyl groups is 1. The van der Waals surface area contributed by atoms with Crippen molar-refractivity contribution in [2.45, 2.75) is 31.9 Å². The third-order valence-corrected chi connectivity index (χ3v) is 3.14. The molecule has 4 nitrogen and oxygen atoms in total. The molecule has 3 rings (SSSR count). The zero-order chi connectivity index (χ0) is 12.5. The fourth-order valence-electron chi connectivity index (χ4n) is 2.17. The van der Waals surface area contributed by atoms with Gasteiger partial charge >= 0.3 is 0 Å². The van der Waals surface area contributed by atoms with Gasteiger partial charge in [-0.3, -0.25) is 0 Å². The molecule has 18 heavy (non-hydrogen) atoms. The van der Waals surface area contributed by atoms with Crippen LogP contribution in [0, 0.1) is 5.82 Å². The van der Waals surface area contributed by atoms with E-state index in [1.807, 2.05) is 10.6 Å². The van der Waals surface area contributed by atoms with Gasteiger partial charge in [0.05, 0.1) is 0 Å². The smallest absolute Gasteiger partial charge is 0.159 e. The number of hydrogen-bond acceptors (Lipinski definition) is 3. The van der Waals surface area contributed by atoms with Crippen molar-refractivity contribution in [3.8, 4) is 0 Å². The van der Waals surface area contributed by atoms with E-state index in [-0.39, 0.29) is 12.4 Å². The van der Waals surface area contributed by atoms with Crippen LogP contribution < -0.4 is 0 Å². The van der Waals surface area contributed by atoms with Gasteiger partial charge in [0.1, 0.15) is 18.2 Å². The van der Waals surface area contributed by atoms with E-state index in [2.05, 4.69) is 10.2 Å². The zero-order valence-electron chi connectivity index (χ0n) is 9.88. The van der Waals surface area contributed by atoms with Gasteiger partial charge in [-0.25, -0.2) is 4.39 Å². The van der Waals surface area contributed by atoms with Gasteiger partial charge in [0.2, 0.25) is 0 Å². The van der Waals surface area contributed by atoms with E-state index in [9.17, 15) is 9.50 Å². The highest BCUT2D eigenvalue weighted by Gasteiger charge is 2.29. The van der Waals surface area contributed by atoms with Crippen LogP contribution in [-0.4, -0.2) is 19.9 Å². The molecule has 0 amide bonds. The third kappa shape index (κ3) is 2.13. The first-order chi connectivity index (χ1) is 8.78. The first-order valence-electron chi connectivity index (χ1n) is 6.06. The number of nitrogens with zero attached hydrogens (tertiary/aromatic N) is 3. The summed E-state index contributed by atoms with van der Waals surface area (Å²) in [4.78, 5) is 0. The summed E-state index contributed by atoms with van der Waals surface area (Å²) in [5.41, 5.74) is 0.869. The summed E-state index contributed by atoms with van der Waals surface area (Å²) in [6.07, 6.45) is 2.74. The van der Waals surface area contributed by atoms with Gasteiger partial charge in [-0.1, -0.05) is 12.1 Å². The number of rotatable bonds is 4. The van der Waals surface area contributed by atoms with Crippen LogP contribution in [0.3, 0.4) is 0 Å². The Balaban J connectivity index is 1.90. The molecule has 0 saturated heterocycles. The predicted octanol–water partition coefficient (Wildman–Crippen LogP) is 1.84.